The second-order valence-electron chi connectivity index (χ2n) is 6.57. The Morgan fingerprint density at radius 2 is 1.87 bits per heavy atom. The van der Waals surface area contributed by atoms with Crippen molar-refractivity contribution in [2.75, 3.05) is 11.9 Å². The molecule has 1 unspecified atom stereocenters. The molecule has 1 N–H and O–H groups in total. The van der Waals surface area contributed by atoms with E-state index in [9.17, 15) is 18.0 Å². The van der Waals surface area contributed by atoms with Crippen LogP contribution < -0.4 is 5.32 Å². The van der Waals surface area contributed by atoms with E-state index < -0.39 is 15.3 Å². The van der Waals surface area contributed by atoms with Gasteiger partial charge < -0.3 is 5.32 Å². The van der Waals surface area contributed by atoms with Gasteiger partial charge in [-0.1, -0.05) is 54.2 Å². The van der Waals surface area contributed by atoms with Crippen LogP contribution in [0.4, 0.5) is 5.69 Å². The molecule has 1 saturated heterocycles. The van der Waals surface area contributed by atoms with E-state index in [1.165, 1.54) is 23.1 Å². The van der Waals surface area contributed by atoms with Gasteiger partial charge in [0.2, 0.25) is 11.8 Å². The number of amides is 2. The molecular weight excluding hydrogens is 422 g/mol. The minimum Gasteiger partial charge on any atom is -0.326 e. The molecule has 0 aromatic heterocycles. The quantitative estimate of drug-likeness (QED) is 0.663. The first kappa shape index (κ1) is 21.8. The van der Waals surface area contributed by atoms with Gasteiger partial charge in [-0.05, 0) is 30.7 Å². The molecule has 1 aliphatic heterocycles. The summed E-state index contributed by atoms with van der Waals surface area (Å²) in [6.07, 6.45) is 1.38. The summed E-state index contributed by atoms with van der Waals surface area (Å²) in [4.78, 5) is 26.5. The number of para-hydroxylation sites is 1. The first-order chi connectivity index (χ1) is 14.3. The number of rotatable bonds is 7. The zero-order valence-corrected chi connectivity index (χ0v) is 17.9. The lowest BCUT2D eigenvalue weighted by molar-refractivity contribution is -0.127. The first-order valence-corrected chi connectivity index (χ1v) is 11.5. The Morgan fingerprint density at radius 3 is 2.53 bits per heavy atom. The van der Waals surface area contributed by atoms with Crippen molar-refractivity contribution in [3.63, 3.8) is 0 Å². The summed E-state index contributed by atoms with van der Waals surface area (Å²) in [7, 11) is -3.99. The number of carbonyl (C=O) groups excluding carboxylic acids is 2. The van der Waals surface area contributed by atoms with Crippen LogP contribution in [0.25, 0.3) is 0 Å². The van der Waals surface area contributed by atoms with Crippen molar-refractivity contribution in [2.45, 2.75) is 23.5 Å². The molecule has 0 saturated carbocycles. The van der Waals surface area contributed by atoms with E-state index in [-0.39, 0.29) is 34.8 Å². The maximum atomic E-state index is 12.8. The fraction of sp³-hybridized carbons (Fsp3) is 0.190. The van der Waals surface area contributed by atoms with Crippen molar-refractivity contribution in [3.8, 4) is 0 Å². The smallest absolute Gasteiger partial charge is 0.284 e. The Morgan fingerprint density at radius 1 is 1.20 bits per heavy atom. The van der Waals surface area contributed by atoms with Gasteiger partial charge in [-0.15, -0.1) is 11.0 Å². The second-order valence-corrected chi connectivity index (χ2v) is 9.35. The van der Waals surface area contributed by atoms with E-state index in [0.29, 0.717) is 5.69 Å². The number of carbonyl (C=O) groups is 2. The Balaban J connectivity index is 1.80. The zero-order chi connectivity index (χ0) is 21.7. The molecule has 2 aromatic carbocycles. The third-order valence-corrected chi connectivity index (χ3v) is 6.93. The van der Waals surface area contributed by atoms with Crippen LogP contribution in [0.2, 0.25) is 0 Å². The van der Waals surface area contributed by atoms with Gasteiger partial charge in [0.05, 0.1) is 4.90 Å². The molecular formula is C21H21N3O4S2. The average Bonchev–Trinajstić information content (AvgIpc) is 2.99. The van der Waals surface area contributed by atoms with Crippen LogP contribution in [0.1, 0.15) is 12.0 Å². The fourth-order valence-corrected chi connectivity index (χ4v) is 5.22. The number of aryl methyl sites for hydroxylation is 1. The van der Waals surface area contributed by atoms with Gasteiger partial charge in [-0.25, -0.2) is 0 Å². The molecule has 0 aliphatic carbocycles. The summed E-state index contributed by atoms with van der Waals surface area (Å²) < 4.78 is 29.1. The van der Waals surface area contributed by atoms with E-state index in [1.54, 1.807) is 24.3 Å². The third kappa shape index (κ3) is 4.98. The van der Waals surface area contributed by atoms with Crippen LogP contribution in [0.3, 0.4) is 0 Å². The van der Waals surface area contributed by atoms with E-state index in [4.69, 9.17) is 0 Å². The first-order valence-electron chi connectivity index (χ1n) is 9.16. The number of hydrogen-bond acceptors (Lipinski definition) is 5. The molecule has 156 valence electrons. The molecule has 7 nitrogen and oxygen atoms in total. The Bertz CT molecular complexity index is 1100. The summed E-state index contributed by atoms with van der Waals surface area (Å²) in [5.41, 5.74) is 1.57. The molecule has 3 rings (SSSR count). The Hall–Kier alpha value is -2.91. The lowest BCUT2D eigenvalue weighted by atomic mass is 10.2. The Kier molecular flexibility index (Phi) is 6.73. The normalized spacial score (nSPS) is 17.9. The molecule has 0 radical (unpaired) electrons. The largest absolute Gasteiger partial charge is 0.326 e. The number of amidine groups is 1. The molecule has 0 spiro atoms. The molecule has 9 heteroatoms. The standard InChI is InChI=1S/C21H21N3O4S2/c1-3-13-24-20(26)18(14-19(25)22-17-12-8-7-9-15(17)2)29-21(24)23-30(27,28)16-10-5-4-6-11-16/h3-12,18H,1,13-14H2,2H3,(H,22,25)/b23-21-. The predicted molar refractivity (Wildman–Crippen MR) is 119 cm³/mol. The number of nitrogens with zero attached hydrogens (tertiary/aromatic N) is 2. The maximum Gasteiger partial charge on any atom is 0.284 e. The molecule has 1 atom stereocenters. The van der Waals surface area contributed by atoms with Crippen LogP contribution in [0, 0.1) is 6.92 Å². The maximum absolute atomic E-state index is 12.8. The van der Waals surface area contributed by atoms with Crippen LogP contribution in [-0.2, 0) is 19.6 Å². The summed E-state index contributed by atoms with van der Waals surface area (Å²) in [6, 6.07) is 15.1. The van der Waals surface area contributed by atoms with Crippen molar-refractivity contribution >= 4 is 44.5 Å². The summed E-state index contributed by atoms with van der Waals surface area (Å²) in [5, 5.41) is 2.07. The van der Waals surface area contributed by atoms with Crippen LogP contribution in [0.5, 0.6) is 0 Å². The number of hydrogen-bond donors (Lipinski definition) is 1. The number of thioether (sulfide) groups is 1. The van der Waals surface area contributed by atoms with Crippen molar-refractivity contribution < 1.29 is 18.0 Å². The fourth-order valence-electron chi connectivity index (χ4n) is 2.84. The monoisotopic (exact) mass is 443 g/mol. The van der Waals surface area contributed by atoms with E-state index >= 15 is 0 Å². The number of nitrogens with one attached hydrogen (secondary N) is 1. The van der Waals surface area contributed by atoms with Gasteiger partial charge in [0, 0.05) is 18.7 Å². The molecule has 1 aliphatic rings. The highest BCUT2D eigenvalue weighted by atomic mass is 32.2. The summed E-state index contributed by atoms with van der Waals surface area (Å²) in [6.45, 7) is 5.59. The predicted octanol–water partition coefficient (Wildman–Crippen LogP) is 3.20. The van der Waals surface area contributed by atoms with Crippen LogP contribution in [0.15, 0.2) is 76.5 Å². The van der Waals surface area contributed by atoms with Gasteiger partial charge in [0.1, 0.15) is 5.25 Å². The summed E-state index contributed by atoms with van der Waals surface area (Å²) in [5.74, 6) is -0.706. The van der Waals surface area contributed by atoms with Crippen molar-refractivity contribution in [2.24, 2.45) is 4.40 Å². The molecule has 0 bridgehead atoms. The van der Waals surface area contributed by atoms with Gasteiger partial charge in [-0.3, -0.25) is 14.5 Å². The SMILES string of the molecule is C=CCN1C(=O)C(CC(=O)Nc2ccccc2C)S/C1=N\S(=O)(=O)c1ccccc1. The molecule has 30 heavy (non-hydrogen) atoms. The van der Waals surface area contributed by atoms with Crippen molar-refractivity contribution in [1.82, 2.24) is 4.90 Å². The molecule has 2 amide bonds. The number of anilines is 1. The van der Waals surface area contributed by atoms with Gasteiger partial charge in [0.15, 0.2) is 5.17 Å². The highest BCUT2D eigenvalue weighted by molar-refractivity contribution is 8.16. The number of sulfonamides is 1. The number of benzene rings is 2. The molecule has 2 aromatic rings. The van der Waals surface area contributed by atoms with E-state index in [1.807, 2.05) is 25.1 Å². The van der Waals surface area contributed by atoms with Gasteiger partial charge in [0.25, 0.3) is 10.0 Å². The van der Waals surface area contributed by atoms with Crippen molar-refractivity contribution in [3.05, 3.63) is 72.8 Å². The van der Waals surface area contributed by atoms with Crippen molar-refractivity contribution in [1.29, 1.82) is 0 Å². The average molecular weight is 444 g/mol. The summed E-state index contributed by atoms with van der Waals surface area (Å²) >= 11 is 0.970. The van der Waals surface area contributed by atoms with E-state index in [0.717, 1.165) is 17.3 Å². The van der Waals surface area contributed by atoms with Gasteiger partial charge in [-0.2, -0.15) is 8.42 Å². The minimum atomic E-state index is -3.99. The lowest BCUT2D eigenvalue weighted by Gasteiger charge is -2.14. The topological polar surface area (TPSA) is 95.9 Å². The third-order valence-electron chi connectivity index (χ3n) is 4.36. The molecule has 1 heterocycles. The van der Waals surface area contributed by atoms with Crippen LogP contribution in [-0.4, -0.2) is 42.1 Å². The molecule has 1 fully saturated rings. The minimum absolute atomic E-state index is 0.0323. The zero-order valence-electron chi connectivity index (χ0n) is 16.3. The second kappa shape index (κ2) is 9.27. The van der Waals surface area contributed by atoms with E-state index in [2.05, 4.69) is 16.3 Å². The lowest BCUT2D eigenvalue weighted by Crippen LogP contribution is -2.34. The highest BCUT2D eigenvalue weighted by Crippen LogP contribution is 2.31. The van der Waals surface area contributed by atoms with Crippen LogP contribution >= 0.6 is 11.8 Å². The van der Waals surface area contributed by atoms with Gasteiger partial charge >= 0.3 is 0 Å². The highest BCUT2D eigenvalue weighted by Gasteiger charge is 2.39. The Labute approximate surface area is 179 Å².